The van der Waals surface area contributed by atoms with Gasteiger partial charge in [-0.2, -0.15) is 0 Å². The highest BCUT2D eigenvalue weighted by atomic mass is 16.7. The summed E-state index contributed by atoms with van der Waals surface area (Å²) in [6.45, 7) is 15.3. The molecule has 20 heteroatoms. The highest BCUT2D eigenvalue weighted by molar-refractivity contribution is 5.73. The van der Waals surface area contributed by atoms with Crippen molar-refractivity contribution in [3.8, 4) is 0 Å². The molecule has 0 unspecified atom stereocenters. The number of carbonyl (C=O) groups excluding carboxylic acids is 6. The van der Waals surface area contributed by atoms with Gasteiger partial charge in [0.15, 0.2) is 24.3 Å². The molecule has 0 aromatic heterocycles. The number of hydrogen-bond donors (Lipinski definition) is 1. The highest BCUT2D eigenvalue weighted by Crippen LogP contribution is 2.39. The summed E-state index contributed by atoms with van der Waals surface area (Å²) in [4.78, 5) is 78.2. The summed E-state index contributed by atoms with van der Waals surface area (Å²) < 4.78 is 61.2. The van der Waals surface area contributed by atoms with Crippen molar-refractivity contribution >= 4 is 36.1 Å². The minimum atomic E-state index is -1.45. The minimum Gasteiger partial charge on any atom is -0.463 e. The van der Waals surface area contributed by atoms with Crippen molar-refractivity contribution in [1.82, 2.24) is 14.9 Å². The second-order valence-corrected chi connectivity index (χ2v) is 18.1. The van der Waals surface area contributed by atoms with Crippen molar-refractivity contribution in [3.05, 3.63) is 0 Å². The normalized spacial score (nSPS) is 37.4. The lowest BCUT2D eigenvalue weighted by molar-refractivity contribution is -0.344. The quantitative estimate of drug-likeness (QED) is 0.150. The fourth-order valence-corrected chi connectivity index (χ4v) is 9.02. The molecule has 374 valence electrons. The molecule has 3 aliphatic heterocycles. The molecule has 3 heterocycles. The molecular formula is C45H77N3O17. The van der Waals surface area contributed by atoms with Crippen LogP contribution in [0.5, 0.6) is 0 Å². The van der Waals surface area contributed by atoms with Crippen LogP contribution in [0, 0.1) is 11.8 Å². The number of ether oxygens (including phenoxy) is 10. The van der Waals surface area contributed by atoms with Gasteiger partial charge < -0.3 is 62.2 Å². The predicted molar refractivity (Wildman–Crippen MR) is 231 cm³/mol. The third-order valence-electron chi connectivity index (χ3n) is 12.5. The topological polar surface area (TPSA) is 225 Å². The molecule has 20 nitrogen and oxygen atoms in total. The number of aliphatic hydroxyl groups is 1. The Balaban J connectivity index is 2.10. The van der Waals surface area contributed by atoms with E-state index < -0.39 is 127 Å². The Labute approximate surface area is 384 Å². The SMILES string of the molecule is CCC(=O)O[C@@H]1CC(=O)O[C@H](C)CCN(C)N(C)C[C@H](OC(C)=O)[C@H](C)C[C@H](CC=O)[C@H](O[C@@H]2O[C@H](C)[C@@H](O[C@H]3C[C@@](C)(OC(C)=O)[C@@H](OC(=O)CC)[C@H](C)O3)[C@H](N(C)C)[C@H]2O)[C@H]1OC. The molecule has 3 rings (SSSR count). The number of carbonyl (C=O) groups is 6. The number of likely N-dealkylation sites (N-methyl/N-ethyl adjacent to an activating group) is 2. The molecule has 0 spiro atoms. The van der Waals surface area contributed by atoms with Crippen molar-refractivity contribution < 1.29 is 81.2 Å². The zero-order valence-corrected chi connectivity index (χ0v) is 40.9. The van der Waals surface area contributed by atoms with Crippen LogP contribution in [0.25, 0.3) is 0 Å². The number of nitrogens with zero attached hydrogens (tertiary/aromatic N) is 3. The minimum absolute atomic E-state index is 0.0233. The Morgan fingerprint density at radius 3 is 2.09 bits per heavy atom. The van der Waals surface area contributed by atoms with Crippen LogP contribution in [-0.4, -0.2) is 190 Å². The lowest BCUT2D eigenvalue weighted by Gasteiger charge is -2.50. The van der Waals surface area contributed by atoms with Crippen LogP contribution >= 0.6 is 0 Å². The van der Waals surface area contributed by atoms with Crippen LogP contribution in [0.4, 0.5) is 0 Å². The smallest absolute Gasteiger partial charge is 0.309 e. The fraction of sp³-hybridized carbons (Fsp3) is 0.867. The van der Waals surface area contributed by atoms with E-state index in [2.05, 4.69) is 0 Å². The van der Waals surface area contributed by atoms with Gasteiger partial charge in [0.2, 0.25) is 0 Å². The number of aliphatic hydroxyl groups excluding tert-OH is 1. The van der Waals surface area contributed by atoms with Gasteiger partial charge in [-0.05, 0) is 66.5 Å². The molecule has 0 amide bonds. The molecule has 3 fully saturated rings. The first kappa shape index (κ1) is 56.0. The van der Waals surface area contributed by atoms with Gasteiger partial charge in [0.25, 0.3) is 0 Å². The second kappa shape index (κ2) is 25.7. The van der Waals surface area contributed by atoms with Crippen LogP contribution in [0.2, 0.25) is 0 Å². The standard InChI is InChI=1S/C45H77N3O17/c1-15-34(52)61-32-22-36(54)57-26(4)17-19-47(12)48(13)24-33(60-29(7)50)25(3)21-31(18-20-49)41(42(32)56-14)64-44-39(55)38(46(10)11)40(27(5)59-44)63-37-23-45(9,65-30(8)51)43(28(6)58-37)62-35(53)16-2/h20,25-28,31-33,37-44,55H,15-19,21-24H2,1-14H3/t25-,26-,27-,28+,31+,32-,33+,37+,38-,39-,40-,41+,42+,43+,44+,45-/m1/s1. The summed E-state index contributed by atoms with van der Waals surface area (Å²) in [6, 6.07) is -0.833. The largest absolute Gasteiger partial charge is 0.463 e. The van der Waals surface area contributed by atoms with Gasteiger partial charge in [0.1, 0.15) is 42.9 Å². The summed E-state index contributed by atoms with van der Waals surface area (Å²) in [5, 5.41) is 16.1. The number of hydrogen-bond acceptors (Lipinski definition) is 20. The summed E-state index contributed by atoms with van der Waals surface area (Å²) in [5.74, 6) is -3.98. The third kappa shape index (κ3) is 15.9. The van der Waals surface area contributed by atoms with E-state index in [-0.39, 0.29) is 44.6 Å². The number of esters is 5. The maximum absolute atomic E-state index is 13.6. The molecule has 0 saturated carbocycles. The number of cyclic esters (lactones) is 1. The molecule has 0 bridgehead atoms. The average molecular weight is 932 g/mol. The molecule has 1 N–H and O–H groups in total. The molecule has 3 aliphatic rings. The lowest BCUT2D eigenvalue weighted by Crippen LogP contribution is -2.66. The Bertz CT molecular complexity index is 1570. The first-order valence-corrected chi connectivity index (χ1v) is 22.8. The first-order valence-electron chi connectivity index (χ1n) is 22.8. The van der Waals surface area contributed by atoms with Gasteiger partial charge in [-0.25, -0.2) is 10.0 Å². The molecule has 65 heavy (non-hydrogen) atoms. The highest BCUT2D eigenvalue weighted by Gasteiger charge is 2.54. The zero-order chi connectivity index (χ0) is 48.9. The van der Waals surface area contributed by atoms with Gasteiger partial charge in [0, 0.05) is 67.3 Å². The van der Waals surface area contributed by atoms with Crippen LogP contribution in [0.1, 0.15) is 107 Å². The monoisotopic (exact) mass is 932 g/mol. The van der Waals surface area contributed by atoms with Crippen LogP contribution in [0.15, 0.2) is 0 Å². The molecule has 16 atom stereocenters. The van der Waals surface area contributed by atoms with E-state index in [9.17, 15) is 33.9 Å². The lowest BCUT2D eigenvalue weighted by atomic mass is 9.82. The zero-order valence-electron chi connectivity index (χ0n) is 40.9. The molecule has 0 aromatic rings. The van der Waals surface area contributed by atoms with Crippen molar-refractivity contribution in [1.29, 1.82) is 0 Å². The van der Waals surface area contributed by atoms with Crippen molar-refractivity contribution in [2.24, 2.45) is 11.8 Å². The second-order valence-electron chi connectivity index (χ2n) is 18.1. The van der Waals surface area contributed by atoms with E-state index in [4.69, 9.17) is 47.4 Å². The van der Waals surface area contributed by atoms with E-state index in [1.165, 1.54) is 21.0 Å². The van der Waals surface area contributed by atoms with Gasteiger partial charge in [0.05, 0.1) is 37.3 Å². The molecule has 0 aliphatic carbocycles. The molecular weight excluding hydrogens is 854 g/mol. The van der Waals surface area contributed by atoms with E-state index in [1.54, 1.807) is 60.5 Å². The Morgan fingerprint density at radius 1 is 0.877 bits per heavy atom. The number of aldehydes is 1. The van der Waals surface area contributed by atoms with Crippen LogP contribution in [0.3, 0.4) is 0 Å². The fourth-order valence-electron chi connectivity index (χ4n) is 9.02. The Kier molecular flexibility index (Phi) is 22.1. The summed E-state index contributed by atoms with van der Waals surface area (Å²) in [7, 11) is 8.57. The van der Waals surface area contributed by atoms with Gasteiger partial charge >= 0.3 is 29.8 Å². The summed E-state index contributed by atoms with van der Waals surface area (Å²) in [6.07, 6.45) is -11.2. The summed E-state index contributed by atoms with van der Waals surface area (Å²) in [5.41, 5.74) is -1.33. The number of rotatable bonds is 14. The van der Waals surface area contributed by atoms with E-state index in [1.807, 2.05) is 31.0 Å². The van der Waals surface area contributed by atoms with Gasteiger partial charge in [-0.15, -0.1) is 0 Å². The molecule has 0 radical (unpaired) electrons. The van der Waals surface area contributed by atoms with Crippen molar-refractivity contribution in [3.63, 3.8) is 0 Å². The molecule has 0 aromatic carbocycles. The van der Waals surface area contributed by atoms with Gasteiger partial charge in [-0.1, -0.05) is 20.8 Å². The Hall–Kier alpha value is -3.34. The predicted octanol–water partition coefficient (Wildman–Crippen LogP) is 2.58. The van der Waals surface area contributed by atoms with E-state index >= 15 is 0 Å². The van der Waals surface area contributed by atoms with Crippen LogP contribution < -0.4 is 0 Å². The van der Waals surface area contributed by atoms with Crippen molar-refractivity contribution in [2.75, 3.05) is 48.4 Å². The summed E-state index contributed by atoms with van der Waals surface area (Å²) >= 11 is 0. The van der Waals surface area contributed by atoms with E-state index in [0.717, 1.165) is 6.29 Å². The van der Waals surface area contributed by atoms with Crippen molar-refractivity contribution in [2.45, 2.75) is 193 Å². The Morgan fingerprint density at radius 2 is 1.52 bits per heavy atom. The maximum atomic E-state index is 13.6. The van der Waals surface area contributed by atoms with Gasteiger partial charge in [-0.3, -0.25) is 24.0 Å². The number of methoxy groups -OCH3 is 1. The maximum Gasteiger partial charge on any atom is 0.309 e. The van der Waals surface area contributed by atoms with Crippen LogP contribution in [-0.2, 0) is 76.1 Å². The van der Waals surface area contributed by atoms with E-state index in [0.29, 0.717) is 13.0 Å². The molecule has 3 saturated heterocycles. The number of hydrazine groups is 1. The first-order chi connectivity index (χ1) is 30.5. The average Bonchev–Trinajstić information content (AvgIpc) is 3.21. The third-order valence-corrected chi connectivity index (χ3v) is 12.5.